The highest BCUT2D eigenvalue weighted by molar-refractivity contribution is 7.22. The monoisotopic (exact) mass is 496 g/mol. The number of ketones is 1. The maximum absolute atomic E-state index is 13.5. The van der Waals surface area contributed by atoms with E-state index < -0.39 is 17.7 Å². The Bertz CT molecular complexity index is 1590. The molecule has 1 saturated heterocycles. The Kier molecular flexibility index (Phi) is 5.19. The molecule has 6 rings (SSSR count). The molecule has 2 aliphatic heterocycles. The predicted octanol–water partition coefficient (Wildman–Crippen LogP) is 5.86. The number of rotatable bonds is 3. The number of amides is 1. The zero-order valence-corrected chi connectivity index (χ0v) is 20.9. The molecule has 3 heterocycles. The number of anilines is 1. The van der Waals surface area contributed by atoms with Crippen LogP contribution < -0.4 is 9.64 Å². The maximum atomic E-state index is 13.5. The third kappa shape index (κ3) is 3.50. The van der Waals surface area contributed by atoms with E-state index in [1.165, 1.54) is 16.2 Å². The van der Waals surface area contributed by atoms with Gasteiger partial charge in [0.25, 0.3) is 5.78 Å². The van der Waals surface area contributed by atoms with Gasteiger partial charge in [0.15, 0.2) is 5.13 Å². The van der Waals surface area contributed by atoms with Gasteiger partial charge in [0.1, 0.15) is 17.6 Å². The van der Waals surface area contributed by atoms with Crippen LogP contribution in [0.5, 0.6) is 5.75 Å². The quantitative estimate of drug-likeness (QED) is 0.218. The van der Waals surface area contributed by atoms with Crippen molar-refractivity contribution in [2.24, 2.45) is 0 Å². The van der Waals surface area contributed by atoms with Crippen molar-refractivity contribution in [2.45, 2.75) is 39.3 Å². The first-order chi connectivity index (χ1) is 17.3. The van der Waals surface area contributed by atoms with Gasteiger partial charge in [-0.15, -0.1) is 0 Å². The Morgan fingerprint density at radius 1 is 1.08 bits per heavy atom. The van der Waals surface area contributed by atoms with Crippen molar-refractivity contribution in [3.8, 4) is 5.75 Å². The van der Waals surface area contributed by atoms with Crippen molar-refractivity contribution in [3.05, 3.63) is 94.1 Å². The first kappa shape index (κ1) is 22.5. The number of aliphatic hydroxyl groups is 1. The van der Waals surface area contributed by atoms with E-state index in [1.807, 2.05) is 69.3 Å². The van der Waals surface area contributed by atoms with Crippen LogP contribution in [-0.2, 0) is 16.0 Å². The second-order valence-electron chi connectivity index (χ2n) is 9.46. The lowest BCUT2D eigenvalue weighted by molar-refractivity contribution is -0.132. The molecule has 7 heteroatoms. The second-order valence-corrected chi connectivity index (χ2v) is 10.5. The number of carbonyl (C=O) groups is 2. The molecule has 1 aromatic heterocycles. The maximum Gasteiger partial charge on any atom is 0.301 e. The number of fused-ring (bicyclic) bond motifs is 2. The Morgan fingerprint density at radius 2 is 1.86 bits per heavy atom. The number of aromatic nitrogens is 1. The van der Waals surface area contributed by atoms with Gasteiger partial charge in [-0.3, -0.25) is 14.5 Å². The van der Waals surface area contributed by atoms with Crippen LogP contribution in [-0.4, -0.2) is 27.9 Å². The van der Waals surface area contributed by atoms with E-state index >= 15 is 0 Å². The number of nitrogens with zero attached hydrogens (tertiary/aromatic N) is 2. The number of hydrogen-bond acceptors (Lipinski definition) is 6. The highest BCUT2D eigenvalue weighted by Crippen LogP contribution is 2.45. The SMILES string of the molecule is Cc1cc(C)c2nc(N3C(=O)C(=O)/C(=C(/O)c4ccc5c(c4)CC(C)O5)C3c3ccccc3)sc2c1. The van der Waals surface area contributed by atoms with Gasteiger partial charge in [-0.2, -0.15) is 0 Å². The summed E-state index contributed by atoms with van der Waals surface area (Å²) >= 11 is 1.37. The summed E-state index contributed by atoms with van der Waals surface area (Å²) in [6.45, 7) is 5.99. The van der Waals surface area contributed by atoms with Crippen LogP contribution in [0.4, 0.5) is 5.13 Å². The van der Waals surface area contributed by atoms with Crippen LogP contribution in [0, 0.1) is 13.8 Å². The average Bonchev–Trinajstić information content (AvgIpc) is 3.52. The topological polar surface area (TPSA) is 79.7 Å². The van der Waals surface area contributed by atoms with E-state index in [2.05, 4.69) is 0 Å². The molecular formula is C29H24N2O4S. The molecule has 0 bridgehead atoms. The first-order valence-electron chi connectivity index (χ1n) is 11.9. The summed E-state index contributed by atoms with van der Waals surface area (Å²) in [6.07, 6.45) is 0.774. The fourth-order valence-electron chi connectivity index (χ4n) is 5.17. The van der Waals surface area contributed by atoms with Gasteiger partial charge in [-0.05, 0) is 67.3 Å². The van der Waals surface area contributed by atoms with E-state index in [4.69, 9.17) is 9.72 Å². The van der Waals surface area contributed by atoms with Crippen LogP contribution in [0.3, 0.4) is 0 Å². The molecule has 0 saturated carbocycles. The van der Waals surface area contributed by atoms with E-state index in [0.29, 0.717) is 10.7 Å². The Hall–Kier alpha value is -3.97. The van der Waals surface area contributed by atoms with Gasteiger partial charge in [-0.25, -0.2) is 4.98 Å². The number of aryl methyl sites for hydroxylation is 2. The highest BCUT2D eigenvalue weighted by Gasteiger charge is 2.48. The van der Waals surface area contributed by atoms with Crippen LogP contribution in [0.2, 0.25) is 0 Å². The molecule has 6 nitrogen and oxygen atoms in total. The fraction of sp³-hybridized carbons (Fsp3) is 0.207. The number of hydrogen-bond donors (Lipinski definition) is 1. The summed E-state index contributed by atoms with van der Waals surface area (Å²) < 4.78 is 6.73. The Labute approximate surface area is 212 Å². The zero-order valence-electron chi connectivity index (χ0n) is 20.1. The number of ether oxygens (including phenoxy) is 1. The van der Waals surface area contributed by atoms with E-state index in [9.17, 15) is 14.7 Å². The smallest absolute Gasteiger partial charge is 0.301 e. The number of thiazole rings is 1. The molecule has 0 spiro atoms. The molecule has 36 heavy (non-hydrogen) atoms. The average molecular weight is 497 g/mol. The highest BCUT2D eigenvalue weighted by atomic mass is 32.1. The van der Waals surface area contributed by atoms with Gasteiger partial charge in [0.2, 0.25) is 0 Å². The third-order valence-electron chi connectivity index (χ3n) is 6.75. The lowest BCUT2D eigenvalue weighted by Gasteiger charge is -2.23. The van der Waals surface area contributed by atoms with Gasteiger partial charge in [0.05, 0.1) is 21.8 Å². The largest absolute Gasteiger partial charge is 0.507 e. The molecule has 0 aliphatic carbocycles. The van der Waals surface area contributed by atoms with Crippen molar-refractivity contribution in [2.75, 3.05) is 4.90 Å². The van der Waals surface area contributed by atoms with Crippen molar-refractivity contribution < 1.29 is 19.4 Å². The van der Waals surface area contributed by atoms with Crippen molar-refractivity contribution in [1.29, 1.82) is 0 Å². The van der Waals surface area contributed by atoms with Crippen molar-refractivity contribution >= 4 is 44.1 Å². The lowest BCUT2D eigenvalue weighted by Crippen LogP contribution is -2.29. The standard InChI is InChI=1S/C29H24N2O4S/c1-15-11-16(2)24-22(12-15)36-29(30-24)31-25(18-7-5-4-6-8-18)23(27(33)28(31)34)26(32)19-9-10-21-20(14-19)13-17(3)35-21/h4-12,14,17,25,32H,13H2,1-3H3/b26-23+. The van der Waals surface area contributed by atoms with Crippen molar-refractivity contribution in [1.82, 2.24) is 4.98 Å². The summed E-state index contributed by atoms with van der Waals surface area (Å²) in [5, 5.41) is 11.9. The van der Waals surface area contributed by atoms with Crippen LogP contribution in [0.1, 0.15) is 40.8 Å². The molecule has 1 fully saturated rings. The van der Waals surface area contributed by atoms with Gasteiger partial charge in [0, 0.05) is 12.0 Å². The van der Waals surface area contributed by atoms with Crippen LogP contribution >= 0.6 is 11.3 Å². The molecule has 1 N–H and O–H groups in total. The van der Waals surface area contributed by atoms with Crippen molar-refractivity contribution in [3.63, 3.8) is 0 Å². The van der Waals surface area contributed by atoms with Gasteiger partial charge < -0.3 is 9.84 Å². The molecule has 1 amide bonds. The second kappa shape index (κ2) is 8.31. The van der Waals surface area contributed by atoms with Gasteiger partial charge in [-0.1, -0.05) is 47.7 Å². The normalized spacial score (nSPS) is 20.7. The Morgan fingerprint density at radius 3 is 2.64 bits per heavy atom. The van der Waals surface area contributed by atoms with E-state index in [1.54, 1.807) is 12.1 Å². The fourth-order valence-corrected chi connectivity index (χ4v) is 6.34. The molecule has 2 atom stereocenters. The molecule has 2 unspecified atom stereocenters. The van der Waals surface area contributed by atoms with Gasteiger partial charge >= 0.3 is 5.91 Å². The first-order valence-corrected chi connectivity index (χ1v) is 12.7. The predicted molar refractivity (Wildman–Crippen MR) is 141 cm³/mol. The summed E-state index contributed by atoms with van der Waals surface area (Å²) in [5.74, 6) is -0.838. The minimum atomic E-state index is -0.795. The van der Waals surface area contributed by atoms with E-state index in [-0.39, 0.29) is 17.4 Å². The molecule has 3 aromatic carbocycles. The number of benzene rings is 3. The minimum Gasteiger partial charge on any atom is -0.507 e. The molecule has 0 radical (unpaired) electrons. The lowest BCUT2D eigenvalue weighted by atomic mass is 9.94. The molecular weight excluding hydrogens is 472 g/mol. The minimum absolute atomic E-state index is 0.0541. The Balaban J connectivity index is 1.54. The van der Waals surface area contributed by atoms with Crippen LogP contribution in [0.15, 0.2) is 66.2 Å². The zero-order chi connectivity index (χ0) is 25.1. The molecule has 180 valence electrons. The molecule has 4 aromatic rings. The number of Topliss-reactive ketones (excluding diaryl/α,β-unsaturated/α-hetero) is 1. The van der Waals surface area contributed by atoms with E-state index in [0.717, 1.165) is 44.6 Å². The summed E-state index contributed by atoms with van der Waals surface area (Å²) in [7, 11) is 0. The van der Waals surface area contributed by atoms with Crippen LogP contribution in [0.25, 0.3) is 16.0 Å². The number of carbonyl (C=O) groups excluding carboxylic acids is 2. The third-order valence-corrected chi connectivity index (χ3v) is 7.76. The number of aliphatic hydroxyl groups excluding tert-OH is 1. The summed E-state index contributed by atoms with van der Waals surface area (Å²) in [5.41, 5.74) is 5.16. The summed E-state index contributed by atoms with van der Waals surface area (Å²) in [4.78, 5) is 33.1. The molecule has 2 aliphatic rings. The summed E-state index contributed by atoms with van der Waals surface area (Å²) in [6, 6.07) is 18.0.